The predicted molar refractivity (Wildman–Crippen MR) is 97.8 cm³/mol. The normalized spacial score (nSPS) is 23.3. The maximum atomic E-state index is 12.4. The number of likely N-dealkylation sites (tertiary alicyclic amines) is 1. The number of carbonyl (C=O) groups excluding carboxylic acids is 1. The quantitative estimate of drug-likeness (QED) is 0.693. The minimum atomic E-state index is -1.82. The minimum Gasteiger partial charge on any atom is -0.473 e. The molecule has 0 radical (unpaired) electrons. The summed E-state index contributed by atoms with van der Waals surface area (Å²) in [7, 11) is 0. The Morgan fingerprint density at radius 2 is 2.07 bits per heavy atom. The number of alkyl halides is 1. The van der Waals surface area contributed by atoms with E-state index in [1.165, 1.54) is 0 Å². The number of aliphatic carboxylic acids is 2. The molecule has 0 saturated carbocycles. The first kappa shape index (κ1) is 22.7. The van der Waals surface area contributed by atoms with Crippen molar-refractivity contribution in [3.05, 3.63) is 30.1 Å². The molecule has 1 amide bonds. The summed E-state index contributed by atoms with van der Waals surface area (Å²) in [6.07, 6.45) is 4.34. The van der Waals surface area contributed by atoms with Crippen LogP contribution in [0.4, 0.5) is 4.39 Å². The van der Waals surface area contributed by atoms with Crippen LogP contribution in [0.2, 0.25) is 0 Å². The van der Waals surface area contributed by atoms with Crippen molar-refractivity contribution in [2.45, 2.75) is 44.0 Å². The SMILES string of the molecule is O=C(CCF)N1CCC[C@@]2(C[C@H](OCc3ccccn3)CO2)C1.O=C(O)C(=O)O. The number of amides is 1. The Morgan fingerprint density at radius 1 is 1.31 bits per heavy atom. The average molecular weight is 412 g/mol. The molecule has 3 heterocycles. The molecule has 2 fully saturated rings. The lowest BCUT2D eigenvalue weighted by atomic mass is 9.89. The van der Waals surface area contributed by atoms with E-state index in [-0.39, 0.29) is 24.0 Å². The lowest BCUT2D eigenvalue weighted by Gasteiger charge is -2.39. The zero-order chi connectivity index (χ0) is 21.3. The first-order chi connectivity index (χ1) is 13.8. The highest BCUT2D eigenvalue weighted by molar-refractivity contribution is 6.27. The van der Waals surface area contributed by atoms with E-state index in [4.69, 9.17) is 29.3 Å². The van der Waals surface area contributed by atoms with Crippen LogP contribution in [-0.4, -0.2) is 76.0 Å². The van der Waals surface area contributed by atoms with E-state index < -0.39 is 18.6 Å². The zero-order valence-electron chi connectivity index (χ0n) is 16.0. The summed E-state index contributed by atoms with van der Waals surface area (Å²) in [5, 5.41) is 14.8. The van der Waals surface area contributed by atoms with Crippen LogP contribution in [-0.2, 0) is 30.5 Å². The molecule has 2 aliphatic heterocycles. The van der Waals surface area contributed by atoms with Gasteiger partial charge in [-0.05, 0) is 25.0 Å². The number of carboxylic acids is 2. The van der Waals surface area contributed by atoms with E-state index in [1.54, 1.807) is 11.1 Å². The molecule has 1 spiro atoms. The van der Waals surface area contributed by atoms with Crippen LogP contribution in [0.15, 0.2) is 24.4 Å². The van der Waals surface area contributed by atoms with Crippen molar-refractivity contribution >= 4 is 17.8 Å². The fourth-order valence-electron chi connectivity index (χ4n) is 3.43. The molecule has 29 heavy (non-hydrogen) atoms. The third-order valence-electron chi connectivity index (χ3n) is 4.75. The Hall–Kier alpha value is -2.59. The van der Waals surface area contributed by atoms with Gasteiger partial charge in [-0.15, -0.1) is 0 Å². The van der Waals surface area contributed by atoms with Gasteiger partial charge in [-0.1, -0.05) is 6.07 Å². The van der Waals surface area contributed by atoms with Crippen molar-refractivity contribution < 1.29 is 38.5 Å². The Kier molecular flexibility index (Phi) is 8.47. The summed E-state index contributed by atoms with van der Waals surface area (Å²) in [5.74, 6) is -3.77. The van der Waals surface area contributed by atoms with E-state index in [1.807, 2.05) is 18.2 Å². The zero-order valence-corrected chi connectivity index (χ0v) is 16.0. The third kappa shape index (κ3) is 7.06. The number of hydrogen-bond acceptors (Lipinski definition) is 6. The fraction of sp³-hybridized carbons (Fsp3) is 0.579. The minimum absolute atomic E-state index is 0.0215. The first-order valence-corrected chi connectivity index (χ1v) is 9.30. The Morgan fingerprint density at radius 3 is 2.69 bits per heavy atom. The van der Waals surface area contributed by atoms with Crippen LogP contribution in [0.1, 0.15) is 31.4 Å². The number of rotatable bonds is 5. The number of carboxylic acid groups (broad SMARTS) is 2. The van der Waals surface area contributed by atoms with Gasteiger partial charge in [-0.2, -0.15) is 0 Å². The highest BCUT2D eigenvalue weighted by Gasteiger charge is 2.44. The van der Waals surface area contributed by atoms with Gasteiger partial charge in [-0.3, -0.25) is 14.2 Å². The molecule has 2 N–H and O–H groups in total. The molecule has 0 aromatic carbocycles. The van der Waals surface area contributed by atoms with Crippen LogP contribution in [0.3, 0.4) is 0 Å². The molecule has 1 aromatic heterocycles. The molecule has 0 bridgehead atoms. The molecule has 3 rings (SSSR count). The van der Waals surface area contributed by atoms with Gasteiger partial charge in [0, 0.05) is 25.7 Å². The number of ether oxygens (including phenoxy) is 2. The van der Waals surface area contributed by atoms with Gasteiger partial charge in [0.1, 0.15) is 0 Å². The van der Waals surface area contributed by atoms with Crippen LogP contribution >= 0.6 is 0 Å². The lowest BCUT2D eigenvalue weighted by molar-refractivity contribution is -0.159. The number of halogens is 1. The van der Waals surface area contributed by atoms with Crippen molar-refractivity contribution in [2.75, 3.05) is 26.4 Å². The van der Waals surface area contributed by atoms with Crippen molar-refractivity contribution in [3.8, 4) is 0 Å². The highest BCUT2D eigenvalue weighted by atomic mass is 19.1. The Bertz CT molecular complexity index is 691. The van der Waals surface area contributed by atoms with Gasteiger partial charge in [-0.25, -0.2) is 9.59 Å². The molecule has 0 aliphatic carbocycles. The predicted octanol–water partition coefficient (Wildman–Crippen LogP) is 1.26. The molecule has 2 atom stereocenters. The molecular weight excluding hydrogens is 387 g/mol. The van der Waals surface area contributed by atoms with E-state index >= 15 is 0 Å². The number of carbonyl (C=O) groups is 3. The largest absolute Gasteiger partial charge is 0.473 e. The second-order valence-corrected chi connectivity index (χ2v) is 6.92. The Balaban J connectivity index is 0.000000438. The van der Waals surface area contributed by atoms with Gasteiger partial charge in [0.05, 0.1) is 43.7 Å². The van der Waals surface area contributed by atoms with Gasteiger partial charge in [0.2, 0.25) is 5.91 Å². The fourth-order valence-corrected chi connectivity index (χ4v) is 3.43. The number of pyridine rings is 1. The summed E-state index contributed by atoms with van der Waals surface area (Å²) in [6.45, 7) is 1.66. The molecular formula is C19H25FN2O7. The van der Waals surface area contributed by atoms with E-state index in [2.05, 4.69) is 4.98 Å². The summed E-state index contributed by atoms with van der Waals surface area (Å²) in [6, 6.07) is 5.75. The monoisotopic (exact) mass is 412 g/mol. The molecule has 2 saturated heterocycles. The van der Waals surface area contributed by atoms with Gasteiger partial charge in [0.25, 0.3) is 0 Å². The van der Waals surface area contributed by atoms with Gasteiger partial charge < -0.3 is 24.6 Å². The lowest BCUT2D eigenvalue weighted by Crippen LogP contribution is -2.50. The molecule has 2 aliphatic rings. The van der Waals surface area contributed by atoms with Gasteiger partial charge >= 0.3 is 11.9 Å². The molecule has 9 nitrogen and oxygen atoms in total. The third-order valence-corrected chi connectivity index (χ3v) is 4.75. The number of aromatic nitrogens is 1. The highest BCUT2D eigenvalue weighted by Crippen LogP contribution is 2.36. The summed E-state index contributed by atoms with van der Waals surface area (Å²) < 4.78 is 24.3. The van der Waals surface area contributed by atoms with Crippen molar-refractivity contribution in [1.29, 1.82) is 0 Å². The van der Waals surface area contributed by atoms with Crippen LogP contribution in [0, 0.1) is 0 Å². The average Bonchev–Trinajstić information content (AvgIpc) is 3.10. The van der Waals surface area contributed by atoms with Crippen molar-refractivity contribution in [3.63, 3.8) is 0 Å². The molecule has 160 valence electrons. The van der Waals surface area contributed by atoms with Crippen LogP contribution in [0.5, 0.6) is 0 Å². The van der Waals surface area contributed by atoms with E-state index in [0.717, 1.165) is 25.0 Å². The summed E-state index contributed by atoms with van der Waals surface area (Å²) >= 11 is 0. The summed E-state index contributed by atoms with van der Waals surface area (Å²) in [5.41, 5.74) is 0.579. The maximum Gasteiger partial charge on any atom is 0.414 e. The topological polar surface area (TPSA) is 126 Å². The van der Waals surface area contributed by atoms with Crippen molar-refractivity contribution in [1.82, 2.24) is 9.88 Å². The van der Waals surface area contributed by atoms with Gasteiger partial charge in [0.15, 0.2) is 0 Å². The number of hydrogen-bond donors (Lipinski definition) is 2. The molecule has 0 unspecified atom stereocenters. The van der Waals surface area contributed by atoms with Crippen LogP contribution in [0.25, 0.3) is 0 Å². The second kappa shape index (κ2) is 10.8. The number of nitrogens with zero attached hydrogens (tertiary/aromatic N) is 2. The Labute approximate surface area is 167 Å². The summed E-state index contributed by atoms with van der Waals surface area (Å²) in [4.78, 5) is 36.1. The smallest absolute Gasteiger partial charge is 0.414 e. The maximum absolute atomic E-state index is 12.4. The number of piperidine rings is 1. The standard InChI is InChI=1S/C17H23FN2O3.C2H2O4/c18-7-5-16(21)20-9-3-6-17(13-20)10-15(12-23-17)22-11-14-4-1-2-8-19-14;3-1(4)2(5)6/h1-2,4,8,15H,3,5-7,9-13H2;(H,3,4)(H,5,6)/t15-,17+;/m0./s1. The first-order valence-electron chi connectivity index (χ1n) is 9.30. The van der Waals surface area contributed by atoms with E-state index in [0.29, 0.717) is 26.3 Å². The van der Waals surface area contributed by atoms with Crippen LogP contribution < -0.4 is 0 Å². The van der Waals surface area contributed by atoms with Crippen molar-refractivity contribution in [2.24, 2.45) is 0 Å². The molecule has 10 heteroatoms. The second-order valence-electron chi connectivity index (χ2n) is 6.92. The van der Waals surface area contributed by atoms with E-state index in [9.17, 15) is 9.18 Å². The molecule has 1 aromatic rings.